The molecule has 1 heterocycles. The molecule has 5 nitrogen and oxygen atoms in total. The number of phenols is 1. The maximum absolute atomic E-state index is 11.9. The van der Waals surface area contributed by atoms with E-state index in [0.29, 0.717) is 30.5 Å². The number of aromatic hydroxyl groups is 1. The standard InChI is InChI=1S/C19H20ClNO4/c1-12(19(23)24-2)21-6-7-25-18-15(11-21)8-14(10-17(18)22)13-4-3-5-16(20)9-13/h3-5,8-10,12,22H,6-7,11H2,1-2H3. The minimum Gasteiger partial charge on any atom is -0.504 e. The number of halogens is 1. The number of esters is 1. The van der Waals surface area contributed by atoms with Crippen molar-refractivity contribution < 1.29 is 19.4 Å². The molecule has 1 atom stereocenters. The lowest BCUT2D eigenvalue weighted by Crippen LogP contribution is -2.40. The van der Waals surface area contributed by atoms with Crippen LogP contribution >= 0.6 is 11.6 Å². The van der Waals surface area contributed by atoms with Gasteiger partial charge in [0.05, 0.1) is 7.11 Å². The summed E-state index contributed by atoms with van der Waals surface area (Å²) in [7, 11) is 1.38. The van der Waals surface area contributed by atoms with Crippen LogP contribution in [0.1, 0.15) is 12.5 Å². The van der Waals surface area contributed by atoms with E-state index in [1.54, 1.807) is 19.1 Å². The van der Waals surface area contributed by atoms with Crippen LogP contribution < -0.4 is 4.74 Å². The predicted molar refractivity (Wildman–Crippen MR) is 95.9 cm³/mol. The fourth-order valence-electron chi connectivity index (χ4n) is 3.00. The highest BCUT2D eigenvalue weighted by Crippen LogP contribution is 2.38. The summed E-state index contributed by atoms with van der Waals surface area (Å²) in [4.78, 5) is 13.8. The highest BCUT2D eigenvalue weighted by Gasteiger charge is 2.26. The molecule has 132 valence electrons. The number of methoxy groups -OCH3 is 1. The molecule has 0 bridgehead atoms. The molecule has 25 heavy (non-hydrogen) atoms. The van der Waals surface area contributed by atoms with Crippen molar-refractivity contribution in [2.75, 3.05) is 20.3 Å². The highest BCUT2D eigenvalue weighted by molar-refractivity contribution is 6.30. The van der Waals surface area contributed by atoms with Gasteiger partial charge in [0, 0.05) is 23.7 Å². The fraction of sp³-hybridized carbons (Fsp3) is 0.316. The molecule has 0 spiro atoms. The molecule has 0 aromatic heterocycles. The van der Waals surface area contributed by atoms with Crippen molar-refractivity contribution in [3.63, 3.8) is 0 Å². The lowest BCUT2D eigenvalue weighted by molar-refractivity contribution is -0.146. The summed E-state index contributed by atoms with van der Waals surface area (Å²) in [6.45, 7) is 3.24. The van der Waals surface area contributed by atoms with Crippen LogP contribution in [0, 0.1) is 0 Å². The summed E-state index contributed by atoms with van der Waals surface area (Å²) in [5.41, 5.74) is 2.57. The van der Waals surface area contributed by atoms with Gasteiger partial charge in [0.2, 0.25) is 0 Å². The largest absolute Gasteiger partial charge is 0.504 e. The van der Waals surface area contributed by atoms with Crippen molar-refractivity contribution in [2.24, 2.45) is 0 Å². The molecule has 2 aromatic carbocycles. The van der Waals surface area contributed by atoms with Crippen molar-refractivity contribution in [3.05, 3.63) is 47.0 Å². The summed E-state index contributed by atoms with van der Waals surface area (Å²) in [5, 5.41) is 11.0. The van der Waals surface area contributed by atoms with Crippen molar-refractivity contribution >= 4 is 17.6 Å². The van der Waals surface area contributed by atoms with Gasteiger partial charge in [0.15, 0.2) is 11.5 Å². The number of hydrogen-bond acceptors (Lipinski definition) is 5. The second-order valence-corrected chi connectivity index (χ2v) is 6.45. The molecule has 1 unspecified atom stereocenters. The van der Waals surface area contributed by atoms with Crippen molar-refractivity contribution in [1.29, 1.82) is 0 Å². The molecule has 1 aliphatic heterocycles. The van der Waals surface area contributed by atoms with E-state index in [4.69, 9.17) is 21.1 Å². The van der Waals surface area contributed by atoms with E-state index in [2.05, 4.69) is 0 Å². The van der Waals surface area contributed by atoms with Crippen LogP contribution in [0.4, 0.5) is 0 Å². The number of nitrogens with zero attached hydrogens (tertiary/aromatic N) is 1. The molecule has 0 radical (unpaired) electrons. The molecule has 2 aromatic rings. The van der Waals surface area contributed by atoms with E-state index in [1.165, 1.54) is 7.11 Å². The number of benzene rings is 2. The average molecular weight is 362 g/mol. The van der Waals surface area contributed by atoms with E-state index in [9.17, 15) is 9.90 Å². The number of carbonyl (C=O) groups excluding carboxylic acids is 1. The Kier molecular flexibility index (Phi) is 5.16. The van der Waals surface area contributed by atoms with Crippen LogP contribution in [0.3, 0.4) is 0 Å². The third-order valence-corrected chi connectivity index (χ3v) is 4.63. The number of rotatable bonds is 3. The van der Waals surface area contributed by atoms with Crippen LogP contribution in [-0.2, 0) is 16.1 Å². The Morgan fingerprint density at radius 2 is 2.12 bits per heavy atom. The summed E-state index contributed by atoms with van der Waals surface area (Å²) in [6.07, 6.45) is 0. The van der Waals surface area contributed by atoms with Crippen molar-refractivity contribution in [1.82, 2.24) is 4.90 Å². The third kappa shape index (κ3) is 3.72. The maximum atomic E-state index is 11.9. The number of carbonyl (C=O) groups is 1. The van der Waals surface area contributed by atoms with Gasteiger partial charge in [-0.15, -0.1) is 0 Å². The third-order valence-electron chi connectivity index (χ3n) is 4.39. The number of fused-ring (bicyclic) bond motifs is 1. The van der Waals surface area contributed by atoms with Gasteiger partial charge in [-0.1, -0.05) is 23.7 Å². The highest BCUT2D eigenvalue weighted by atomic mass is 35.5. The molecular weight excluding hydrogens is 342 g/mol. The molecule has 3 rings (SSSR count). The van der Waals surface area contributed by atoms with Gasteiger partial charge in [-0.2, -0.15) is 0 Å². The second kappa shape index (κ2) is 7.33. The Bertz CT molecular complexity index is 793. The van der Waals surface area contributed by atoms with Crippen LogP contribution in [0.5, 0.6) is 11.5 Å². The van der Waals surface area contributed by atoms with Gasteiger partial charge in [0.25, 0.3) is 0 Å². The minimum atomic E-state index is -0.392. The Balaban J connectivity index is 1.97. The SMILES string of the molecule is COC(=O)C(C)N1CCOc2c(O)cc(-c3cccc(Cl)c3)cc2C1. The number of ether oxygens (including phenoxy) is 2. The predicted octanol–water partition coefficient (Wildman–Crippen LogP) is 3.47. The van der Waals surface area contributed by atoms with E-state index in [1.807, 2.05) is 29.2 Å². The van der Waals surface area contributed by atoms with Gasteiger partial charge >= 0.3 is 5.97 Å². The molecule has 0 aliphatic carbocycles. The summed E-state index contributed by atoms with van der Waals surface area (Å²) in [5.74, 6) is 0.254. The molecule has 1 aliphatic rings. The molecular formula is C19H20ClNO4. The topological polar surface area (TPSA) is 59.0 Å². The molecule has 0 amide bonds. The van der Waals surface area contributed by atoms with Gasteiger partial charge in [-0.05, 0) is 42.3 Å². The Morgan fingerprint density at radius 3 is 2.84 bits per heavy atom. The first-order valence-corrected chi connectivity index (χ1v) is 8.44. The van der Waals surface area contributed by atoms with Gasteiger partial charge in [-0.3, -0.25) is 9.69 Å². The van der Waals surface area contributed by atoms with E-state index in [-0.39, 0.29) is 11.7 Å². The zero-order valence-corrected chi connectivity index (χ0v) is 14.9. The fourth-order valence-corrected chi connectivity index (χ4v) is 3.19. The van der Waals surface area contributed by atoms with Gasteiger partial charge < -0.3 is 14.6 Å². The monoisotopic (exact) mass is 361 g/mol. The van der Waals surface area contributed by atoms with E-state index in [0.717, 1.165) is 16.7 Å². The average Bonchev–Trinajstić information content (AvgIpc) is 2.83. The Hall–Kier alpha value is -2.24. The Labute approximate surface area is 151 Å². The quantitative estimate of drug-likeness (QED) is 0.848. The minimum absolute atomic E-state index is 0.0834. The van der Waals surface area contributed by atoms with Crippen LogP contribution in [-0.4, -0.2) is 42.3 Å². The maximum Gasteiger partial charge on any atom is 0.322 e. The van der Waals surface area contributed by atoms with Crippen LogP contribution in [0.2, 0.25) is 5.02 Å². The lowest BCUT2D eigenvalue weighted by atomic mass is 10.0. The normalized spacial score (nSPS) is 15.6. The van der Waals surface area contributed by atoms with Gasteiger partial charge in [0.1, 0.15) is 12.6 Å². The molecule has 0 saturated heterocycles. The first-order chi connectivity index (χ1) is 12.0. The first-order valence-electron chi connectivity index (χ1n) is 8.06. The van der Waals surface area contributed by atoms with Crippen molar-refractivity contribution in [2.45, 2.75) is 19.5 Å². The number of phenolic OH excluding ortho intramolecular Hbond substituents is 1. The summed E-state index contributed by atoms with van der Waals surface area (Å²) >= 11 is 6.07. The Morgan fingerprint density at radius 1 is 1.32 bits per heavy atom. The van der Waals surface area contributed by atoms with Crippen molar-refractivity contribution in [3.8, 4) is 22.6 Å². The smallest absolute Gasteiger partial charge is 0.322 e. The van der Waals surface area contributed by atoms with Gasteiger partial charge in [-0.25, -0.2) is 0 Å². The van der Waals surface area contributed by atoms with Crippen LogP contribution in [0.25, 0.3) is 11.1 Å². The summed E-state index contributed by atoms with van der Waals surface area (Å²) in [6, 6.07) is 10.7. The van der Waals surface area contributed by atoms with E-state index >= 15 is 0 Å². The number of hydrogen-bond donors (Lipinski definition) is 1. The van der Waals surface area contributed by atoms with E-state index < -0.39 is 6.04 Å². The molecule has 6 heteroatoms. The summed E-state index contributed by atoms with van der Waals surface area (Å²) < 4.78 is 10.6. The molecule has 0 fully saturated rings. The van der Waals surface area contributed by atoms with Crippen LogP contribution in [0.15, 0.2) is 36.4 Å². The zero-order valence-electron chi connectivity index (χ0n) is 14.2. The second-order valence-electron chi connectivity index (χ2n) is 6.01. The lowest BCUT2D eigenvalue weighted by Gasteiger charge is -2.24. The molecule has 0 saturated carbocycles. The zero-order chi connectivity index (χ0) is 18.0. The first kappa shape index (κ1) is 17.6. The molecule has 1 N–H and O–H groups in total.